The van der Waals surface area contributed by atoms with E-state index in [2.05, 4.69) is 299 Å². The molecule has 14 aromatic carbocycles. The first-order valence-corrected chi connectivity index (χ1v) is 27.7. The van der Waals surface area contributed by atoms with E-state index in [-0.39, 0.29) is 0 Å². The van der Waals surface area contributed by atoms with Gasteiger partial charge in [-0.15, -0.1) is 0 Å². The number of hydrogen-bond acceptors (Lipinski definition) is 4. The highest BCUT2D eigenvalue weighted by molar-refractivity contribution is 6.19. The Morgan fingerprint density at radius 2 is 0.362 bits per heavy atom. The van der Waals surface area contributed by atoms with Gasteiger partial charge in [0.15, 0.2) is 0 Å². The minimum Gasteiger partial charge on any atom is -0.309 e. The lowest BCUT2D eigenvalue weighted by Crippen LogP contribution is -2.18. The first kappa shape index (κ1) is 43.4. The fourth-order valence-corrected chi connectivity index (χ4v) is 14.2. The van der Waals surface area contributed by atoms with Gasteiger partial charge in [-0.05, 0) is 140 Å². The molecule has 370 valence electrons. The molecule has 0 bridgehead atoms. The smallest absolute Gasteiger partial charge is 0.0546 e. The molecule has 18 rings (SSSR count). The summed E-state index contributed by atoms with van der Waals surface area (Å²) in [6, 6.07) is 104. The molecule has 0 aliphatic carbocycles. The lowest BCUT2D eigenvalue weighted by molar-refractivity contribution is 1.24. The number of rotatable bonds is 5. The number of benzene rings is 14. The molecule has 0 spiro atoms. The quantitative estimate of drug-likeness (QED) is 0.170. The topological polar surface area (TPSA) is 13.0 Å². The van der Waals surface area contributed by atoms with Crippen molar-refractivity contribution in [3.05, 3.63) is 279 Å². The molecule has 4 heterocycles. The molecule has 4 aliphatic heterocycles. The summed E-state index contributed by atoms with van der Waals surface area (Å²) in [7, 11) is 0. The van der Waals surface area contributed by atoms with Gasteiger partial charge in [-0.25, -0.2) is 0 Å². The number of fused-ring (bicyclic) bond motifs is 8. The number of hydrogen-bond donors (Lipinski definition) is 0. The molecule has 0 N–H and O–H groups in total. The van der Waals surface area contributed by atoms with Gasteiger partial charge in [-0.2, -0.15) is 0 Å². The van der Waals surface area contributed by atoms with E-state index < -0.39 is 0 Å². The van der Waals surface area contributed by atoms with Crippen LogP contribution in [0.4, 0.5) is 68.2 Å². The summed E-state index contributed by atoms with van der Waals surface area (Å²) in [5.41, 5.74) is 25.6. The van der Waals surface area contributed by atoms with E-state index in [1.807, 2.05) is 0 Å². The molecule has 4 heteroatoms. The van der Waals surface area contributed by atoms with Crippen LogP contribution >= 0.6 is 0 Å². The molecule has 0 unspecified atom stereocenters. The Kier molecular flexibility index (Phi) is 8.91. The molecule has 0 saturated heterocycles. The third kappa shape index (κ3) is 6.04. The van der Waals surface area contributed by atoms with Crippen molar-refractivity contribution in [2.75, 3.05) is 19.6 Å². The average molecular weight is 1020 g/mol. The second-order valence-corrected chi connectivity index (χ2v) is 21.6. The van der Waals surface area contributed by atoms with Gasteiger partial charge >= 0.3 is 0 Å². The molecular weight excluding hydrogens is 969 g/mol. The van der Waals surface area contributed by atoms with Crippen molar-refractivity contribution >= 4 is 111 Å². The summed E-state index contributed by atoms with van der Waals surface area (Å²) in [6.45, 7) is 0. The Labute approximate surface area is 463 Å². The summed E-state index contributed by atoms with van der Waals surface area (Å²) < 4.78 is 0. The third-order valence-corrected chi connectivity index (χ3v) is 17.4. The number of nitrogens with zero attached hydrogens (tertiary/aromatic N) is 4. The predicted octanol–water partition coefficient (Wildman–Crippen LogP) is 21.8. The van der Waals surface area contributed by atoms with Crippen molar-refractivity contribution in [1.29, 1.82) is 0 Å². The minimum atomic E-state index is 1.08. The Morgan fingerprint density at radius 1 is 0.163 bits per heavy atom. The van der Waals surface area contributed by atoms with Crippen molar-refractivity contribution in [1.82, 2.24) is 0 Å². The summed E-state index contributed by atoms with van der Waals surface area (Å²) in [6.07, 6.45) is 0. The van der Waals surface area contributed by atoms with E-state index in [0.29, 0.717) is 0 Å². The highest BCUT2D eigenvalue weighted by Crippen LogP contribution is 2.58. The van der Waals surface area contributed by atoms with Crippen LogP contribution in [0.5, 0.6) is 0 Å². The van der Waals surface area contributed by atoms with E-state index in [9.17, 15) is 0 Å². The van der Waals surface area contributed by atoms with Gasteiger partial charge in [0.2, 0.25) is 0 Å². The molecule has 0 fully saturated rings. The van der Waals surface area contributed by atoms with E-state index >= 15 is 0 Å². The molecular formula is C76H46N4. The maximum Gasteiger partial charge on any atom is 0.0546 e. The Hall–Kier alpha value is -10.7. The maximum atomic E-state index is 2.52. The zero-order valence-corrected chi connectivity index (χ0v) is 43.3. The second-order valence-electron chi connectivity index (χ2n) is 21.6. The van der Waals surface area contributed by atoms with Gasteiger partial charge in [-0.1, -0.05) is 194 Å². The second kappa shape index (κ2) is 16.4. The highest BCUT2D eigenvalue weighted by Gasteiger charge is 2.33. The molecule has 0 amide bonds. The number of anilines is 12. The van der Waals surface area contributed by atoms with Crippen molar-refractivity contribution in [2.24, 2.45) is 0 Å². The maximum absolute atomic E-state index is 2.52. The summed E-state index contributed by atoms with van der Waals surface area (Å²) in [4.78, 5) is 10.1. The fourth-order valence-electron chi connectivity index (χ4n) is 14.2. The average Bonchev–Trinajstić information content (AvgIpc) is 3.65. The summed E-state index contributed by atoms with van der Waals surface area (Å²) >= 11 is 0. The van der Waals surface area contributed by atoms with E-state index in [4.69, 9.17) is 0 Å². The van der Waals surface area contributed by atoms with Crippen LogP contribution in [-0.2, 0) is 0 Å². The first-order valence-electron chi connectivity index (χ1n) is 27.7. The third-order valence-electron chi connectivity index (χ3n) is 17.4. The van der Waals surface area contributed by atoms with Crippen LogP contribution in [-0.4, -0.2) is 0 Å². The predicted molar refractivity (Wildman–Crippen MR) is 337 cm³/mol. The van der Waals surface area contributed by atoms with Crippen LogP contribution < -0.4 is 19.6 Å². The lowest BCUT2D eigenvalue weighted by atomic mass is 9.89. The van der Waals surface area contributed by atoms with Crippen LogP contribution in [0.15, 0.2) is 279 Å². The lowest BCUT2D eigenvalue weighted by Gasteiger charge is -2.37. The van der Waals surface area contributed by atoms with Crippen molar-refractivity contribution in [2.45, 2.75) is 0 Å². The van der Waals surface area contributed by atoms with Gasteiger partial charge in [0.05, 0.1) is 45.5 Å². The van der Waals surface area contributed by atoms with E-state index in [0.717, 1.165) is 79.4 Å². The summed E-state index contributed by atoms with van der Waals surface area (Å²) in [5.74, 6) is 0. The van der Waals surface area contributed by atoms with Crippen molar-refractivity contribution < 1.29 is 0 Å². The Bertz CT molecular complexity index is 4370. The standard InChI is InChI=1S/C76H46N4/c1-5-33-65-57(25-1)61-29-9-17-47-21-13-37-69(73(47)61)77(65)53-41-51(42-54(45-53)78-66-34-6-2-26-58(66)62-30-10-18-48-22-14-38-70(78)74(48)62)52-43-55(79-67-35-7-3-27-59(67)63-31-11-19-49-23-15-39-71(79)75(49)63)46-56(44-52)80-68-36-8-4-28-60(68)64-32-12-20-50-24-16-40-72(80)76(50)64/h1-46H. The minimum absolute atomic E-state index is 1.08. The Morgan fingerprint density at radius 3 is 0.613 bits per heavy atom. The Balaban J connectivity index is 0.959. The van der Waals surface area contributed by atoms with Crippen LogP contribution in [0.25, 0.3) is 98.7 Å². The molecule has 14 aromatic rings. The van der Waals surface area contributed by atoms with Crippen molar-refractivity contribution in [3.8, 4) is 55.6 Å². The monoisotopic (exact) mass is 1010 g/mol. The zero-order valence-electron chi connectivity index (χ0n) is 43.3. The zero-order chi connectivity index (χ0) is 52.2. The summed E-state index contributed by atoms with van der Waals surface area (Å²) in [5, 5.41) is 9.90. The first-order chi connectivity index (χ1) is 39.7. The van der Waals surface area contributed by atoms with Gasteiger partial charge in [0.25, 0.3) is 0 Å². The van der Waals surface area contributed by atoms with Gasteiger partial charge in [-0.3, -0.25) is 0 Å². The van der Waals surface area contributed by atoms with E-state index in [1.54, 1.807) is 0 Å². The molecule has 4 aliphatic rings. The van der Waals surface area contributed by atoms with E-state index in [1.165, 1.54) is 87.6 Å². The molecule has 0 saturated carbocycles. The van der Waals surface area contributed by atoms with Crippen molar-refractivity contribution in [3.63, 3.8) is 0 Å². The van der Waals surface area contributed by atoms with Crippen LogP contribution in [0.2, 0.25) is 0 Å². The van der Waals surface area contributed by atoms with Crippen LogP contribution in [0.3, 0.4) is 0 Å². The molecule has 80 heavy (non-hydrogen) atoms. The molecule has 0 radical (unpaired) electrons. The normalized spacial score (nSPS) is 13.2. The molecule has 4 nitrogen and oxygen atoms in total. The van der Waals surface area contributed by atoms with Gasteiger partial charge < -0.3 is 19.6 Å². The van der Waals surface area contributed by atoms with Crippen LogP contribution in [0.1, 0.15) is 0 Å². The van der Waals surface area contributed by atoms with Gasteiger partial charge in [0, 0.05) is 66.5 Å². The fraction of sp³-hybridized carbons (Fsp3) is 0. The largest absolute Gasteiger partial charge is 0.309 e. The molecule has 0 aromatic heterocycles. The number of para-hydroxylation sites is 4. The van der Waals surface area contributed by atoms with Gasteiger partial charge in [0.1, 0.15) is 0 Å². The molecule has 0 atom stereocenters. The van der Waals surface area contributed by atoms with Crippen LogP contribution in [0, 0.1) is 0 Å². The SMILES string of the molecule is c1ccc2c(c1)-c1cccc3cccc(c13)N2c1cc(-c2cc(N3c4ccccc4-c4cccc5cccc3c45)cc(N3c4ccccc4-c4cccc5cccc3c45)c2)cc(N2c3ccccc3-c3cccc4cccc2c34)c1. The highest BCUT2D eigenvalue weighted by atomic mass is 15.2.